The Kier molecular flexibility index (Phi) is 4.85. The molecule has 0 bridgehead atoms. The maximum Gasteiger partial charge on any atom is 0.220 e. The number of H-pyrrole nitrogens is 1. The van der Waals surface area contributed by atoms with Gasteiger partial charge in [0.1, 0.15) is 0 Å². The number of aromatic nitrogens is 2. The Morgan fingerprint density at radius 2 is 1.85 bits per heavy atom. The van der Waals surface area contributed by atoms with Crippen LogP contribution in [0.2, 0.25) is 0 Å². The highest BCUT2D eigenvalue weighted by atomic mass is 16.1. The maximum absolute atomic E-state index is 12.2. The van der Waals surface area contributed by atoms with E-state index >= 15 is 0 Å². The number of nitrogens with two attached hydrogens (primary N) is 1. The van der Waals surface area contributed by atoms with E-state index in [9.17, 15) is 4.79 Å². The molecule has 0 aliphatic heterocycles. The molecule has 0 radical (unpaired) electrons. The zero-order chi connectivity index (χ0) is 18.6. The lowest BCUT2D eigenvalue weighted by Gasteiger charge is -2.07. The largest absolute Gasteiger partial charge is 0.353 e. The molecule has 0 aliphatic rings. The second-order valence-corrected chi connectivity index (χ2v) is 6.69. The molecule has 0 unspecified atom stereocenters. The molecule has 136 valence electrons. The Morgan fingerprint density at radius 1 is 1.00 bits per heavy atom. The number of benzene rings is 2. The first-order chi connectivity index (χ1) is 13.2. The summed E-state index contributed by atoms with van der Waals surface area (Å²) in [4.78, 5) is 20.1. The highest BCUT2D eigenvalue weighted by Crippen LogP contribution is 2.25. The van der Waals surface area contributed by atoms with Crippen molar-refractivity contribution in [2.75, 3.05) is 0 Å². The first kappa shape index (κ1) is 17.2. The fourth-order valence-corrected chi connectivity index (χ4v) is 3.33. The van der Waals surface area contributed by atoms with Crippen molar-refractivity contribution in [2.45, 2.75) is 25.9 Å². The minimum Gasteiger partial charge on any atom is -0.353 e. The van der Waals surface area contributed by atoms with Crippen molar-refractivity contribution in [1.29, 1.82) is 0 Å². The SMILES string of the molecule is NCc1cccc(CNC(=O)CCc2cc3c(cn2)[nH]c2ccccc23)c1. The molecule has 4 aromatic rings. The Balaban J connectivity index is 1.39. The predicted molar refractivity (Wildman–Crippen MR) is 108 cm³/mol. The number of hydrogen-bond donors (Lipinski definition) is 3. The predicted octanol–water partition coefficient (Wildman–Crippen LogP) is 3.42. The van der Waals surface area contributed by atoms with Crippen LogP contribution >= 0.6 is 0 Å². The smallest absolute Gasteiger partial charge is 0.220 e. The van der Waals surface area contributed by atoms with Gasteiger partial charge in [0, 0.05) is 41.5 Å². The molecule has 0 spiro atoms. The van der Waals surface area contributed by atoms with E-state index in [1.807, 2.05) is 42.6 Å². The van der Waals surface area contributed by atoms with Crippen LogP contribution in [0.4, 0.5) is 0 Å². The molecule has 0 aliphatic carbocycles. The number of carbonyl (C=O) groups is 1. The number of para-hydroxylation sites is 1. The van der Waals surface area contributed by atoms with Crippen LogP contribution < -0.4 is 11.1 Å². The normalized spacial score (nSPS) is 11.1. The van der Waals surface area contributed by atoms with Gasteiger partial charge in [-0.15, -0.1) is 0 Å². The molecule has 0 fully saturated rings. The molecule has 5 heteroatoms. The number of fused-ring (bicyclic) bond motifs is 3. The van der Waals surface area contributed by atoms with Crippen LogP contribution in [-0.2, 0) is 24.3 Å². The minimum atomic E-state index is 0.0222. The van der Waals surface area contributed by atoms with Crippen LogP contribution in [0.1, 0.15) is 23.2 Å². The first-order valence-corrected chi connectivity index (χ1v) is 9.13. The Hall–Kier alpha value is -3.18. The summed E-state index contributed by atoms with van der Waals surface area (Å²) in [5.41, 5.74) is 10.8. The van der Waals surface area contributed by atoms with Crippen molar-refractivity contribution in [2.24, 2.45) is 5.73 Å². The van der Waals surface area contributed by atoms with E-state index < -0.39 is 0 Å². The fourth-order valence-electron chi connectivity index (χ4n) is 3.33. The summed E-state index contributed by atoms with van der Waals surface area (Å²) >= 11 is 0. The Bertz CT molecular complexity index is 1100. The third-order valence-electron chi connectivity index (χ3n) is 4.77. The lowest BCUT2D eigenvalue weighted by molar-refractivity contribution is -0.121. The van der Waals surface area contributed by atoms with Crippen molar-refractivity contribution < 1.29 is 4.79 Å². The lowest BCUT2D eigenvalue weighted by atomic mass is 10.1. The van der Waals surface area contributed by atoms with Gasteiger partial charge >= 0.3 is 0 Å². The second kappa shape index (κ2) is 7.60. The summed E-state index contributed by atoms with van der Waals surface area (Å²) in [5, 5.41) is 5.30. The number of carbonyl (C=O) groups excluding carboxylic acids is 1. The van der Waals surface area contributed by atoms with Crippen LogP contribution in [0.15, 0.2) is 60.8 Å². The molecule has 4 rings (SSSR count). The highest BCUT2D eigenvalue weighted by molar-refractivity contribution is 6.06. The monoisotopic (exact) mass is 358 g/mol. The van der Waals surface area contributed by atoms with Gasteiger partial charge < -0.3 is 16.0 Å². The van der Waals surface area contributed by atoms with E-state index in [1.165, 1.54) is 5.39 Å². The third-order valence-corrected chi connectivity index (χ3v) is 4.77. The molecule has 2 heterocycles. The van der Waals surface area contributed by atoms with Gasteiger partial charge in [-0.1, -0.05) is 42.5 Å². The van der Waals surface area contributed by atoms with Crippen molar-refractivity contribution in [1.82, 2.24) is 15.3 Å². The van der Waals surface area contributed by atoms with Gasteiger partial charge in [0.2, 0.25) is 5.91 Å². The maximum atomic E-state index is 12.2. The number of nitrogens with one attached hydrogen (secondary N) is 2. The summed E-state index contributed by atoms with van der Waals surface area (Å²) in [5.74, 6) is 0.0222. The zero-order valence-corrected chi connectivity index (χ0v) is 15.0. The van der Waals surface area contributed by atoms with Gasteiger partial charge in [-0.05, 0) is 29.7 Å². The van der Waals surface area contributed by atoms with Crippen LogP contribution in [0.3, 0.4) is 0 Å². The summed E-state index contributed by atoms with van der Waals surface area (Å²) < 4.78 is 0. The standard InChI is InChI=1S/C22H22N4O/c23-12-15-4-3-5-16(10-15)13-25-22(27)9-8-17-11-19-18-6-1-2-7-20(18)26-21(19)14-24-17/h1-7,10-11,14,26H,8-9,12-13,23H2,(H,25,27). The number of hydrogen-bond acceptors (Lipinski definition) is 3. The summed E-state index contributed by atoms with van der Waals surface area (Å²) in [7, 11) is 0. The molecule has 27 heavy (non-hydrogen) atoms. The summed E-state index contributed by atoms with van der Waals surface area (Å²) in [6.07, 6.45) is 2.88. The molecular weight excluding hydrogens is 336 g/mol. The van der Waals surface area contributed by atoms with Gasteiger partial charge in [0.05, 0.1) is 11.7 Å². The molecule has 1 amide bonds. The first-order valence-electron chi connectivity index (χ1n) is 9.13. The molecule has 4 N–H and O–H groups in total. The van der Waals surface area contributed by atoms with Crippen LogP contribution in [0.25, 0.3) is 21.8 Å². The number of rotatable bonds is 6. The molecule has 0 saturated carbocycles. The number of amides is 1. The van der Waals surface area contributed by atoms with Gasteiger partial charge in [-0.25, -0.2) is 0 Å². The van der Waals surface area contributed by atoms with E-state index in [4.69, 9.17) is 5.73 Å². The Morgan fingerprint density at radius 3 is 2.74 bits per heavy atom. The quantitative estimate of drug-likeness (QED) is 0.494. The van der Waals surface area contributed by atoms with Crippen LogP contribution in [0.5, 0.6) is 0 Å². The second-order valence-electron chi connectivity index (χ2n) is 6.69. The average molecular weight is 358 g/mol. The number of aromatic amines is 1. The number of aryl methyl sites for hydroxylation is 1. The van der Waals surface area contributed by atoms with Crippen molar-refractivity contribution in [3.8, 4) is 0 Å². The number of nitrogens with zero attached hydrogens (tertiary/aromatic N) is 1. The van der Waals surface area contributed by atoms with E-state index in [0.29, 0.717) is 25.9 Å². The van der Waals surface area contributed by atoms with Crippen LogP contribution in [0, 0.1) is 0 Å². The molecular formula is C22H22N4O. The molecule has 5 nitrogen and oxygen atoms in total. The van der Waals surface area contributed by atoms with E-state index in [0.717, 1.165) is 33.2 Å². The van der Waals surface area contributed by atoms with Gasteiger partial charge in [0.25, 0.3) is 0 Å². The summed E-state index contributed by atoms with van der Waals surface area (Å²) in [6.45, 7) is 1.02. The topological polar surface area (TPSA) is 83.8 Å². The molecule has 2 aromatic carbocycles. The molecule has 2 aromatic heterocycles. The fraction of sp³-hybridized carbons (Fsp3) is 0.182. The van der Waals surface area contributed by atoms with Crippen molar-refractivity contribution in [3.63, 3.8) is 0 Å². The van der Waals surface area contributed by atoms with Gasteiger partial charge in [-0.3, -0.25) is 9.78 Å². The Labute approximate surface area is 157 Å². The average Bonchev–Trinajstić information content (AvgIpc) is 3.09. The van der Waals surface area contributed by atoms with E-state index in [2.05, 4.69) is 33.5 Å². The molecule has 0 saturated heterocycles. The third kappa shape index (κ3) is 3.83. The zero-order valence-electron chi connectivity index (χ0n) is 15.0. The van der Waals surface area contributed by atoms with Crippen LogP contribution in [-0.4, -0.2) is 15.9 Å². The van der Waals surface area contributed by atoms with Crippen molar-refractivity contribution in [3.05, 3.63) is 77.6 Å². The minimum absolute atomic E-state index is 0.0222. The summed E-state index contributed by atoms with van der Waals surface area (Å²) in [6, 6.07) is 18.2. The molecule has 0 atom stereocenters. The van der Waals surface area contributed by atoms with Gasteiger partial charge in [0.15, 0.2) is 0 Å². The van der Waals surface area contributed by atoms with E-state index in [-0.39, 0.29) is 5.91 Å². The van der Waals surface area contributed by atoms with Gasteiger partial charge in [-0.2, -0.15) is 0 Å². The highest BCUT2D eigenvalue weighted by Gasteiger charge is 2.08. The lowest BCUT2D eigenvalue weighted by Crippen LogP contribution is -2.23. The van der Waals surface area contributed by atoms with Crippen molar-refractivity contribution >= 4 is 27.7 Å². The van der Waals surface area contributed by atoms with E-state index in [1.54, 1.807) is 0 Å². The number of pyridine rings is 1.